The van der Waals surface area contributed by atoms with Gasteiger partial charge < -0.3 is 33.2 Å². The van der Waals surface area contributed by atoms with Gasteiger partial charge in [-0.25, -0.2) is 4.79 Å². The van der Waals surface area contributed by atoms with Crippen molar-refractivity contribution in [1.29, 1.82) is 0 Å². The number of nitro benzene ring substituents is 1. The SMILES string of the molecule is CC1(C)O[C@H]2[C@@H](O1)[C@@H](COC(=O)Oc1ccc([N+](=O)[O-])cc1)O[C@@H]1OC(C)(C)O[C@@H]12. The summed E-state index contributed by atoms with van der Waals surface area (Å²) in [4.78, 5) is 22.2. The van der Waals surface area contributed by atoms with Crippen molar-refractivity contribution in [3.8, 4) is 5.75 Å². The van der Waals surface area contributed by atoms with E-state index in [1.165, 1.54) is 24.3 Å². The molecular weight excluding hydrogens is 402 g/mol. The molecule has 0 bridgehead atoms. The lowest BCUT2D eigenvalue weighted by Crippen LogP contribution is -2.56. The molecule has 11 nitrogen and oxygen atoms in total. The van der Waals surface area contributed by atoms with Crippen LogP contribution in [0.3, 0.4) is 0 Å². The van der Waals surface area contributed by atoms with Crippen LogP contribution >= 0.6 is 0 Å². The number of hydrogen-bond donors (Lipinski definition) is 0. The Hall–Kier alpha value is -2.31. The molecule has 5 atom stereocenters. The molecule has 3 aliphatic rings. The van der Waals surface area contributed by atoms with Gasteiger partial charge in [-0.05, 0) is 39.8 Å². The Morgan fingerprint density at radius 1 is 1.00 bits per heavy atom. The van der Waals surface area contributed by atoms with Crippen molar-refractivity contribution in [2.24, 2.45) is 0 Å². The molecule has 4 rings (SSSR count). The molecular formula is C19H23NO10. The minimum Gasteiger partial charge on any atom is -0.431 e. The molecule has 0 amide bonds. The van der Waals surface area contributed by atoms with Crippen molar-refractivity contribution in [1.82, 2.24) is 0 Å². The molecule has 164 valence electrons. The number of rotatable bonds is 4. The Balaban J connectivity index is 1.38. The first-order chi connectivity index (χ1) is 14.0. The second-order valence-electron chi connectivity index (χ2n) is 8.12. The first kappa shape index (κ1) is 20.9. The molecule has 3 saturated heterocycles. The Morgan fingerprint density at radius 2 is 1.60 bits per heavy atom. The van der Waals surface area contributed by atoms with Gasteiger partial charge in [-0.1, -0.05) is 0 Å². The van der Waals surface area contributed by atoms with Crippen molar-refractivity contribution >= 4 is 11.8 Å². The monoisotopic (exact) mass is 425 g/mol. The summed E-state index contributed by atoms with van der Waals surface area (Å²) >= 11 is 0. The summed E-state index contributed by atoms with van der Waals surface area (Å²) in [5.41, 5.74) is -0.116. The fourth-order valence-electron chi connectivity index (χ4n) is 3.74. The highest BCUT2D eigenvalue weighted by molar-refractivity contribution is 5.64. The molecule has 0 saturated carbocycles. The Bertz CT molecular complexity index is 823. The van der Waals surface area contributed by atoms with E-state index in [2.05, 4.69) is 0 Å². The van der Waals surface area contributed by atoms with Gasteiger partial charge in [0.05, 0.1) is 4.92 Å². The van der Waals surface area contributed by atoms with E-state index in [-0.39, 0.29) is 18.0 Å². The van der Waals surface area contributed by atoms with Crippen LogP contribution in [0.5, 0.6) is 5.75 Å². The highest BCUT2D eigenvalue weighted by atomic mass is 16.9. The number of carbonyl (C=O) groups excluding carboxylic acids is 1. The summed E-state index contributed by atoms with van der Waals surface area (Å²) in [5.74, 6) is -1.59. The average Bonchev–Trinajstić information content (AvgIpc) is 3.14. The van der Waals surface area contributed by atoms with Gasteiger partial charge in [0.15, 0.2) is 17.9 Å². The topological polar surface area (TPSA) is 125 Å². The number of hydrogen-bond acceptors (Lipinski definition) is 10. The predicted octanol–water partition coefficient (Wildman–Crippen LogP) is 2.51. The molecule has 0 unspecified atom stereocenters. The van der Waals surface area contributed by atoms with E-state index in [1.54, 1.807) is 27.7 Å². The lowest BCUT2D eigenvalue weighted by atomic mass is 9.99. The molecule has 1 aromatic rings. The summed E-state index contributed by atoms with van der Waals surface area (Å²) in [6.07, 6.45) is -3.81. The van der Waals surface area contributed by atoms with Crippen LogP contribution in [-0.4, -0.2) is 60.0 Å². The Labute approximate surface area is 172 Å². The number of nitro groups is 1. The van der Waals surface area contributed by atoms with Gasteiger partial charge in [0, 0.05) is 12.1 Å². The van der Waals surface area contributed by atoms with E-state index >= 15 is 0 Å². The molecule has 11 heteroatoms. The van der Waals surface area contributed by atoms with E-state index in [4.69, 9.17) is 33.2 Å². The Kier molecular flexibility index (Phi) is 5.19. The van der Waals surface area contributed by atoms with Crippen LogP contribution < -0.4 is 4.74 Å². The van der Waals surface area contributed by atoms with Crippen LogP contribution in [0.2, 0.25) is 0 Å². The lowest BCUT2D eigenvalue weighted by molar-refractivity contribution is -0.384. The van der Waals surface area contributed by atoms with Crippen LogP contribution in [0.25, 0.3) is 0 Å². The molecule has 0 aliphatic carbocycles. The van der Waals surface area contributed by atoms with Gasteiger partial charge in [0.1, 0.15) is 36.8 Å². The summed E-state index contributed by atoms with van der Waals surface area (Å²) in [6.45, 7) is 6.94. The van der Waals surface area contributed by atoms with Gasteiger partial charge >= 0.3 is 6.16 Å². The van der Waals surface area contributed by atoms with Crippen LogP contribution in [-0.2, 0) is 28.4 Å². The molecule has 3 fully saturated rings. The lowest BCUT2D eigenvalue weighted by Gasteiger charge is -2.36. The zero-order valence-corrected chi connectivity index (χ0v) is 16.9. The standard InChI is InChI=1S/C19H23NO10/c1-18(2)27-13-12(26-16-15(14(13)28-18)29-19(3,4)30-16)9-24-17(21)25-11-7-5-10(6-8-11)20(22)23/h5-8,12-16H,9H2,1-4H3/t12-,13+,14+,15-,16-/m1/s1. The third-order valence-electron chi connectivity index (χ3n) is 4.87. The van der Waals surface area contributed by atoms with E-state index in [0.717, 1.165) is 0 Å². The average molecular weight is 425 g/mol. The van der Waals surface area contributed by atoms with Crippen LogP contribution in [0, 0.1) is 10.1 Å². The Morgan fingerprint density at radius 3 is 2.27 bits per heavy atom. The summed E-state index contributed by atoms with van der Waals surface area (Å²) < 4.78 is 39.8. The fourth-order valence-corrected chi connectivity index (χ4v) is 3.74. The minimum atomic E-state index is -0.978. The zero-order chi connectivity index (χ0) is 21.7. The van der Waals surface area contributed by atoms with Crippen molar-refractivity contribution in [3.05, 3.63) is 34.4 Å². The first-order valence-corrected chi connectivity index (χ1v) is 9.49. The molecule has 1 aromatic carbocycles. The smallest absolute Gasteiger partial charge is 0.431 e. The molecule has 0 spiro atoms. The third-order valence-corrected chi connectivity index (χ3v) is 4.87. The fraction of sp³-hybridized carbons (Fsp3) is 0.632. The van der Waals surface area contributed by atoms with Gasteiger partial charge in [-0.3, -0.25) is 10.1 Å². The predicted molar refractivity (Wildman–Crippen MR) is 97.6 cm³/mol. The maximum absolute atomic E-state index is 12.1. The molecule has 30 heavy (non-hydrogen) atoms. The van der Waals surface area contributed by atoms with E-state index in [1.807, 2.05) is 0 Å². The molecule has 3 heterocycles. The number of carbonyl (C=O) groups is 1. The molecule has 0 N–H and O–H groups in total. The number of fused-ring (bicyclic) bond motifs is 3. The van der Waals surface area contributed by atoms with Crippen LogP contribution in [0.1, 0.15) is 27.7 Å². The molecule has 0 aromatic heterocycles. The van der Waals surface area contributed by atoms with E-state index in [0.29, 0.717) is 0 Å². The number of ether oxygens (including phenoxy) is 7. The van der Waals surface area contributed by atoms with Gasteiger partial charge in [0.25, 0.3) is 5.69 Å². The van der Waals surface area contributed by atoms with E-state index in [9.17, 15) is 14.9 Å². The minimum absolute atomic E-state index is 0.115. The first-order valence-electron chi connectivity index (χ1n) is 9.49. The van der Waals surface area contributed by atoms with Gasteiger partial charge in [0.2, 0.25) is 0 Å². The van der Waals surface area contributed by atoms with Gasteiger partial charge in [-0.15, -0.1) is 0 Å². The number of nitrogens with zero attached hydrogens (tertiary/aromatic N) is 1. The summed E-state index contributed by atoms with van der Waals surface area (Å²) in [5, 5.41) is 10.7. The van der Waals surface area contributed by atoms with Gasteiger partial charge in [-0.2, -0.15) is 0 Å². The number of non-ortho nitro benzene ring substituents is 1. The highest BCUT2D eigenvalue weighted by Gasteiger charge is 2.60. The van der Waals surface area contributed by atoms with E-state index < -0.39 is 53.4 Å². The third kappa shape index (κ3) is 4.25. The largest absolute Gasteiger partial charge is 0.513 e. The van der Waals surface area contributed by atoms with Crippen molar-refractivity contribution in [2.45, 2.75) is 70.0 Å². The highest BCUT2D eigenvalue weighted by Crippen LogP contribution is 2.44. The van der Waals surface area contributed by atoms with Crippen LogP contribution in [0.4, 0.5) is 10.5 Å². The quantitative estimate of drug-likeness (QED) is 0.307. The van der Waals surface area contributed by atoms with Crippen molar-refractivity contribution in [2.75, 3.05) is 6.61 Å². The maximum atomic E-state index is 12.1. The molecule has 0 radical (unpaired) electrons. The van der Waals surface area contributed by atoms with Crippen LogP contribution in [0.15, 0.2) is 24.3 Å². The van der Waals surface area contributed by atoms with Crippen molar-refractivity contribution in [3.63, 3.8) is 0 Å². The maximum Gasteiger partial charge on any atom is 0.513 e. The summed E-state index contributed by atoms with van der Waals surface area (Å²) in [7, 11) is 0. The second-order valence-corrected chi connectivity index (χ2v) is 8.12. The normalized spacial score (nSPS) is 33.4. The summed E-state index contributed by atoms with van der Waals surface area (Å²) in [6, 6.07) is 5.06. The zero-order valence-electron chi connectivity index (χ0n) is 16.9. The second kappa shape index (κ2) is 7.43. The molecule has 3 aliphatic heterocycles. The number of benzene rings is 1. The van der Waals surface area contributed by atoms with Crippen molar-refractivity contribution < 1.29 is 42.9 Å².